The topological polar surface area (TPSA) is 38.0 Å². The molecule has 0 radical (unpaired) electrons. The van der Waals surface area contributed by atoms with Crippen LogP contribution in [-0.2, 0) is 13.5 Å². The molecule has 0 saturated heterocycles. The molecule has 3 nitrogen and oxygen atoms in total. The highest BCUT2D eigenvalue weighted by Crippen LogP contribution is 2.18. The minimum Gasteiger partial charge on any atom is -0.387 e. The Balaban J connectivity index is 2.96. The second kappa shape index (κ2) is 3.72. The molecule has 1 rings (SSSR count). The molecule has 0 aliphatic rings. The Hall–Kier alpha value is -0.830. The summed E-state index contributed by atoms with van der Waals surface area (Å²) >= 11 is 0. The van der Waals surface area contributed by atoms with Crippen LogP contribution in [0.1, 0.15) is 37.6 Å². The molecule has 1 heterocycles. The number of aliphatic hydroxyl groups excluding tert-OH is 1. The Labute approximate surface area is 73.0 Å². The van der Waals surface area contributed by atoms with E-state index in [1.807, 2.05) is 20.2 Å². The highest BCUT2D eigenvalue weighted by atomic mass is 16.3. The Kier molecular flexibility index (Phi) is 2.87. The third-order valence-electron chi connectivity index (χ3n) is 2.02. The predicted octanol–water partition coefficient (Wildman–Crippen LogP) is 1.43. The molecule has 1 aromatic heterocycles. The first-order valence-electron chi connectivity index (χ1n) is 4.39. The van der Waals surface area contributed by atoms with E-state index in [1.165, 1.54) is 0 Å². The maximum Gasteiger partial charge on any atom is 0.0978 e. The van der Waals surface area contributed by atoms with Crippen LogP contribution in [-0.4, -0.2) is 14.9 Å². The van der Waals surface area contributed by atoms with Crippen molar-refractivity contribution in [3.8, 4) is 0 Å². The van der Waals surface area contributed by atoms with Gasteiger partial charge in [0.2, 0.25) is 0 Å². The lowest BCUT2D eigenvalue weighted by atomic mass is 10.1. The maximum atomic E-state index is 9.58. The highest BCUT2D eigenvalue weighted by molar-refractivity contribution is 5.18. The first kappa shape index (κ1) is 9.26. The largest absolute Gasteiger partial charge is 0.387 e. The van der Waals surface area contributed by atoms with E-state index in [4.69, 9.17) is 0 Å². The molecule has 0 amide bonds. The van der Waals surface area contributed by atoms with Crippen molar-refractivity contribution in [2.45, 2.75) is 32.8 Å². The van der Waals surface area contributed by atoms with Crippen LogP contribution >= 0.6 is 0 Å². The first-order chi connectivity index (χ1) is 5.69. The summed E-state index contributed by atoms with van der Waals surface area (Å²) in [6, 6.07) is 0. The van der Waals surface area contributed by atoms with Crippen molar-refractivity contribution in [1.82, 2.24) is 9.78 Å². The zero-order valence-electron chi connectivity index (χ0n) is 7.91. The molecule has 12 heavy (non-hydrogen) atoms. The zero-order chi connectivity index (χ0) is 9.14. The lowest BCUT2D eigenvalue weighted by Gasteiger charge is -2.05. The van der Waals surface area contributed by atoms with Gasteiger partial charge in [0.25, 0.3) is 0 Å². The van der Waals surface area contributed by atoms with E-state index in [2.05, 4.69) is 12.0 Å². The van der Waals surface area contributed by atoms with Crippen LogP contribution in [0.3, 0.4) is 0 Å². The van der Waals surface area contributed by atoms with Gasteiger partial charge < -0.3 is 5.11 Å². The summed E-state index contributed by atoms with van der Waals surface area (Å²) in [5, 5.41) is 13.8. The van der Waals surface area contributed by atoms with Crippen LogP contribution in [0.4, 0.5) is 0 Å². The molecule has 1 N–H and O–H groups in total. The smallest absolute Gasteiger partial charge is 0.0978 e. The standard InChI is InChI=1S/C9H16N2O/c1-4-7-6-11(3)10-9(7)8(12)5-2/h6,8,12H,4-5H2,1-3H3. The van der Waals surface area contributed by atoms with Crippen molar-refractivity contribution < 1.29 is 5.11 Å². The summed E-state index contributed by atoms with van der Waals surface area (Å²) in [4.78, 5) is 0. The molecule has 0 aromatic carbocycles. The molecule has 0 aliphatic carbocycles. The molecule has 1 atom stereocenters. The van der Waals surface area contributed by atoms with Gasteiger partial charge in [0.15, 0.2) is 0 Å². The summed E-state index contributed by atoms with van der Waals surface area (Å²) in [6.45, 7) is 4.03. The van der Waals surface area contributed by atoms with E-state index < -0.39 is 6.10 Å². The number of rotatable bonds is 3. The van der Waals surface area contributed by atoms with Crippen molar-refractivity contribution >= 4 is 0 Å². The molecule has 0 spiro atoms. The van der Waals surface area contributed by atoms with Gasteiger partial charge in [0, 0.05) is 13.2 Å². The summed E-state index contributed by atoms with van der Waals surface area (Å²) < 4.78 is 1.76. The number of nitrogens with zero attached hydrogens (tertiary/aromatic N) is 2. The van der Waals surface area contributed by atoms with Crippen LogP contribution in [0.2, 0.25) is 0 Å². The monoisotopic (exact) mass is 168 g/mol. The fourth-order valence-electron chi connectivity index (χ4n) is 1.30. The van der Waals surface area contributed by atoms with Gasteiger partial charge in [-0.3, -0.25) is 4.68 Å². The quantitative estimate of drug-likeness (QED) is 0.741. The van der Waals surface area contributed by atoms with Crippen molar-refractivity contribution in [3.63, 3.8) is 0 Å². The van der Waals surface area contributed by atoms with Crippen molar-refractivity contribution in [3.05, 3.63) is 17.5 Å². The van der Waals surface area contributed by atoms with Crippen LogP contribution in [0.5, 0.6) is 0 Å². The van der Waals surface area contributed by atoms with Crippen molar-refractivity contribution in [2.75, 3.05) is 0 Å². The van der Waals surface area contributed by atoms with Gasteiger partial charge in [-0.1, -0.05) is 13.8 Å². The van der Waals surface area contributed by atoms with Gasteiger partial charge in [0.1, 0.15) is 0 Å². The van der Waals surface area contributed by atoms with Crippen LogP contribution in [0.25, 0.3) is 0 Å². The lowest BCUT2D eigenvalue weighted by molar-refractivity contribution is 0.167. The van der Waals surface area contributed by atoms with Gasteiger partial charge in [0.05, 0.1) is 11.8 Å². The molecule has 3 heteroatoms. The number of hydrogen-bond acceptors (Lipinski definition) is 2. The van der Waals surface area contributed by atoms with Crippen LogP contribution < -0.4 is 0 Å². The molecule has 1 aromatic rings. The van der Waals surface area contributed by atoms with Crippen LogP contribution in [0.15, 0.2) is 6.20 Å². The Morgan fingerprint density at radius 1 is 1.58 bits per heavy atom. The number of aryl methyl sites for hydroxylation is 2. The third-order valence-corrected chi connectivity index (χ3v) is 2.02. The third kappa shape index (κ3) is 1.67. The molecule has 0 fully saturated rings. The molecule has 0 bridgehead atoms. The summed E-state index contributed by atoms with van der Waals surface area (Å²) in [7, 11) is 1.88. The Morgan fingerprint density at radius 2 is 2.25 bits per heavy atom. The van der Waals surface area contributed by atoms with Crippen molar-refractivity contribution in [1.29, 1.82) is 0 Å². The van der Waals surface area contributed by atoms with Gasteiger partial charge >= 0.3 is 0 Å². The van der Waals surface area contributed by atoms with Gasteiger partial charge in [-0.2, -0.15) is 5.10 Å². The van der Waals surface area contributed by atoms with E-state index in [0.29, 0.717) is 0 Å². The number of aromatic nitrogens is 2. The molecular formula is C9H16N2O. The normalized spacial score (nSPS) is 13.3. The van der Waals surface area contributed by atoms with Crippen LogP contribution in [0, 0.1) is 0 Å². The second-order valence-electron chi connectivity index (χ2n) is 2.99. The van der Waals surface area contributed by atoms with E-state index >= 15 is 0 Å². The summed E-state index contributed by atoms with van der Waals surface area (Å²) in [6.07, 6.45) is 3.22. The average molecular weight is 168 g/mol. The SMILES string of the molecule is CCc1cn(C)nc1C(O)CC. The predicted molar refractivity (Wildman–Crippen MR) is 47.8 cm³/mol. The molecule has 0 saturated carbocycles. The van der Waals surface area contributed by atoms with Crippen molar-refractivity contribution in [2.24, 2.45) is 7.05 Å². The highest BCUT2D eigenvalue weighted by Gasteiger charge is 2.12. The maximum absolute atomic E-state index is 9.58. The molecule has 0 aliphatic heterocycles. The Bertz CT molecular complexity index is 255. The zero-order valence-corrected chi connectivity index (χ0v) is 7.91. The van der Waals surface area contributed by atoms with E-state index in [-0.39, 0.29) is 0 Å². The molecule has 1 unspecified atom stereocenters. The van der Waals surface area contributed by atoms with E-state index in [9.17, 15) is 5.11 Å². The van der Waals surface area contributed by atoms with Gasteiger partial charge in [-0.05, 0) is 18.4 Å². The van der Waals surface area contributed by atoms with Gasteiger partial charge in [-0.15, -0.1) is 0 Å². The average Bonchev–Trinajstić information content (AvgIpc) is 2.45. The molecular weight excluding hydrogens is 152 g/mol. The number of aliphatic hydroxyl groups is 1. The summed E-state index contributed by atoms with van der Waals surface area (Å²) in [5.74, 6) is 0. The van der Waals surface area contributed by atoms with Gasteiger partial charge in [-0.25, -0.2) is 0 Å². The fraction of sp³-hybridized carbons (Fsp3) is 0.667. The fourth-order valence-corrected chi connectivity index (χ4v) is 1.30. The second-order valence-corrected chi connectivity index (χ2v) is 2.99. The van der Waals surface area contributed by atoms with E-state index in [1.54, 1.807) is 4.68 Å². The minimum absolute atomic E-state index is 0.402. The lowest BCUT2D eigenvalue weighted by Crippen LogP contribution is -2.00. The first-order valence-corrected chi connectivity index (χ1v) is 4.39. The summed E-state index contributed by atoms with van der Waals surface area (Å²) in [5.41, 5.74) is 1.98. The number of hydrogen-bond donors (Lipinski definition) is 1. The minimum atomic E-state index is -0.402. The van der Waals surface area contributed by atoms with E-state index in [0.717, 1.165) is 24.1 Å². The molecule has 68 valence electrons. The Morgan fingerprint density at radius 3 is 2.75 bits per heavy atom.